The van der Waals surface area contributed by atoms with Gasteiger partial charge in [-0.1, -0.05) is 25.1 Å². The molecule has 3 heteroatoms. The number of rotatable bonds is 3. The highest BCUT2D eigenvalue weighted by Gasteiger charge is 2.18. The number of nitrogens with zero attached hydrogens (tertiary/aromatic N) is 1. The minimum absolute atomic E-state index is 0.0949. The molecular formula is C16H21NO2. The molecule has 1 saturated heterocycles. The van der Waals surface area contributed by atoms with E-state index in [1.165, 1.54) is 6.42 Å². The van der Waals surface area contributed by atoms with Crippen LogP contribution < -0.4 is 4.74 Å². The van der Waals surface area contributed by atoms with Crippen LogP contribution in [0.25, 0.3) is 6.08 Å². The number of amides is 1. The monoisotopic (exact) mass is 259 g/mol. The Bertz CT molecular complexity index is 468. The average Bonchev–Trinajstić information content (AvgIpc) is 2.45. The topological polar surface area (TPSA) is 29.5 Å². The van der Waals surface area contributed by atoms with Crippen LogP contribution in [-0.4, -0.2) is 31.0 Å². The smallest absolute Gasteiger partial charge is 0.246 e. The average molecular weight is 259 g/mol. The Balaban J connectivity index is 2.03. The summed E-state index contributed by atoms with van der Waals surface area (Å²) < 4.78 is 5.26. The van der Waals surface area contributed by atoms with Gasteiger partial charge in [-0.15, -0.1) is 0 Å². The predicted octanol–water partition coefficient (Wildman–Crippen LogP) is 2.97. The second kappa shape index (κ2) is 6.41. The van der Waals surface area contributed by atoms with Gasteiger partial charge in [-0.3, -0.25) is 4.79 Å². The third-order valence-electron chi connectivity index (χ3n) is 3.51. The highest BCUT2D eigenvalue weighted by molar-refractivity contribution is 5.92. The van der Waals surface area contributed by atoms with Crippen LogP contribution in [0.15, 0.2) is 30.3 Å². The summed E-state index contributed by atoms with van der Waals surface area (Å²) in [5.74, 6) is 1.49. The Hall–Kier alpha value is -1.77. The Kier molecular flexibility index (Phi) is 4.61. The van der Waals surface area contributed by atoms with Crippen molar-refractivity contribution in [1.29, 1.82) is 0 Å². The van der Waals surface area contributed by atoms with E-state index in [1.807, 2.05) is 35.2 Å². The SMILES string of the molecule is COc1ccccc1C=CC(=O)N1CCCC(C)C1. The lowest BCUT2D eigenvalue weighted by atomic mass is 10.0. The van der Waals surface area contributed by atoms with Crippen molar-refractivity contribution < 1.29 is 9.53 Å². The zero-order chi connectivity index (χ0) is 13.7. The van der Waals surface area contributed by atoms with Gasteiger partial charge in [-0.2, -0.15) is 0 Å². The van der Waals surface area contributed by atoms with E-state index in [0.29, 0.717) is 5.92 Å². The van der Waals surface area contributed by atoms with Crippen LogP contribution in [0.1, 0.15) is 25.3 Å². The second-order valence-electron chi connectivity index (χ2n) is 5.11. The van der Waals surface area contributed by atoms with Crippen LogP contribution in [0.3, 0.4) is 0 Å². The van der Waals surface area contributed by atoms with E-state index >= 15 is 0 Å². The Morgan fingerprint density at radius 1 is 1.42 bits per heavy atom. The molecule has 0 aromatic heterocycles. The third kappa shape index (κ3) is 3.60. The zero-order valence-electron chi connectivity index (χ0n) is 11.6. The number of ether oxygens (including phenoxy) is 1. The molecule has 0 aliphatic carbocycles. The maximum Gasteiger partial charge on any atom is 0.246 e. The lowest BCUT2D eigenvalue weighted by molar-refractivity contribution is -0.127. The van der Waals surface area contributed by atoms with Gasteiger partial charge < -0.3 is 9.64 Å². The zero-order valence-corrected chi connectivity index (χ0v) is 11.6. The van der Waals surface area contributed by atoms with Gasteiger partial charge in [0.05, 0.1) is 7.11 Å². The molecule has 1 atom stereocenters. The minimum Gasteiger partial charge on any atom is -0.496 e. The van der Waals surface area contributed by atoms with Crippen LogP contribution in [0.4, 0.5) is 0 Å². The lowest BCUT2D eigenvalue weighted by Gasteiger charge is -2.30. The molecular weight excluding hydrogens is 238 g/mol. The van der Waals surface area contributed by atoms with E-state index in [0.717, 1.165) is 30.8 Å². The molecule has 0 spiro atoms. The van der Waals surface area contributed by atoms with E-state index in [9.17, 15) is 4.79 Å². The van der Waals surface area contributed by atoms with Gasteiger partial charge in [-0.25, -0.2) is 0 Å². The number of carbonyl (C=O) groups excluding carboxylic acids is 1. The number of likely N-dealkylation sites (tertiary alicyclic amines) is 1. The molecule has 0 radical (unpaired) electrons. The van der Waals surface area contributed by atoms with Crippen molar-refractivity contribution in [3.8, 4) is 5.75 Å². The highest BCUT2D eigenvalue weighted by Crippen LogP contribution is 2.20. The normalized spacial score (nSPS) is 19.7. The van der Waals surface area contributed by atoms with Crippen molar-refractivity contribution >= 4 is 12.0 Å². The minimum atomic E-state index is 0.0949. The van der Waals surface area contributed by atoms with Gasteiger partial charge in [0.25, 0.3) is 0 Å². The lowest BCUT2D eigenvalue weighted by Crippen LogP contribution is -2.38. The van der Waals surface area contributed by atoms with Crippen molar-refractivity contribution in [2.45, 2.75) is 19.8 Å². The Labute approximate surface area is 114 Å². The quantitative estimate of drug-likeness (QED) is 0.781. The van der Waals surface area contributed by atoms with Crippen molar-refractivity contribution in [3.63, 3.8) is 0 Å². The summed E-state index contributed by atoms with van der Waals surface area (Å²) in [5, 5.41) is 0. The first-order chi connectivity index (χ1) is 9.20. The standard InChI is InChI=1S/C16H21NO2/c1-13-6-5-11-17(12-13)16(18)10-9-14-7-3-4-8-15(14)19-2/h3-4,7-10,13H,5-6,11-12H2,1-2H3. The van der Waals surface area contributed by atoms with Crippen LogP contribution in [-0.2, 0) is 4.79 Å². The maximum atomic E-state index is 12.1. The van der Waals surface area contributed by atoms with E-state index in [1.54, 1.807) is 13.2 Å². The Morgan fingerprint density at radius 3 is 2.95 bits per heavy atom. The molecule has 0 N–H and O–H groups in total. The van der Waals surface area contributed by atoms with Crippen LogP contribution in [0.5, 0.6) is 5.75 Å². The van der Waals surface area contributed by atoms with Crippen LogP contribution in [0, 0.1) is 5.92 Å². The summed E-state index contributed by atoms with van der Waals surface area (Å²) in [4.78, 5) is 14.0. The summed E-state index contributed by atoms with van der Waals surface area (Å²) >= 11 is 0. The van der Waals surface area contributed by atoms with Gasteiger partial charge in [0.15, 0.2) is 0 Å². The first-order valence-corrected chi connectivity index (χ1v) is 6.80. The van der Waals surface area contributed by atoms with Gasteiger partial charge in [-0.05, 0) is 30.9 Å². The van der Waals surface area contributed by atoms with Crippen molar-refractivity contribution in [2.75, 3.05) is 20.2 Å². The first kappa shape index (κ1) is 13.7. The summed E-state index contributed by atoms with van der Waals surface area (Å²) in [6, 6.07) is 7.70. The molecule has 19 heavy (non-hydrogen) atoms. The number of carbonyl (C=O) groups is 1. The van der Waals surface area contributed by atoms with Crippen molar-refractivity contribution in [1.82, 2.24) is 4.90 Å². The predicted molar refractivity (Wildman–Crippen MR) is 77.0 cm³/mol. The first-order valence-electron chi connectivity index (χ1n) is 6.80. The molecule has 1 fully saturated rings. The third-order valence-corrected chi connectivity index (χ3v) is 3.51. The van der Waals surface area contributed by atoms with Crippen LogP contribution >= 0.6 is 0 Å². The van der Waals surface area contributed by atoms with E-state index in [2.05, 4.69) is 6.92 Å². The van der Waals surface area contributed by atoms with E-state index in [4.69, 9.17) is 4.74 Å². The summed E-state index contributed by atoms with van der Waals surface area (Å²) in [7, 11) is 1.64. The molecule has 0 bridgehead atoms. The number of para-hydroxylation sites is 1. The molecule has 1 aromatic rings. The van der Waals surface area contributed by atoms with E-state index in [-0.39, 0.29) is 5.91 Å². The van der Waals surface area contributed by atoms with Gasteiger partial charge in [0.2, 0.25) is 5.91 Å². The highest BCUT2D eigenvalue weighted by atomic mass is 16.5. The number of piperidine rings is 1. The number of methoxy groups -OCH3 is 1. The van der Waals surface area contributed by atoms with Gasteiger partial charge in [0, 0.05) is 24.7 Å². The second-order valence-corrected chi connectivity index (χ2v) is 5.11. The van der Waals surface area contributed by atoms with Crippen molar-refractivity contribution in [2.24, 2.45) is 5.92 Å². The fourth-order valence-corrected chi connectivity index (χ4v) is 2.46. The summed E-state index contributed by atoms with van der Waals surface area (Å²) in [6.45, 7) is 3.94. The molecule has 1 aliphatic heterocycles. The van der Waals surface area contributed by atoms with Gasteiger partial charge in [0.1, 0.15) is 5.75 Å². The van der Waals surface area contributed by atoms with E-state index < -0.39 is 0 Å². The fraction of sp³-hybridized carbons (Fsp3) is 0.438. The summed E-state index contributed by atoms with van der Waals surface area (Å²) in [6.07, 6.45) is 5.81. The largest absolute Gasteiger partial charge is 0.496 e. The molecule has 0 saturated carbocycles. The molecule has 1 aromatic carbocycles. The maximum absolute atomic E-state index is 12.1. The van der Waals surface area contributed by atoms with Crippen LogP contribution in [0.2, 0.25) is 0 Å². The molecule has 1 amide bonds. The number of benzene rings is 1. The molecule has 1 aliphatic rings. The molecule has 1 unspecified atom stereocenters. The fourth-order valence-electron chi connectivity index (χ4n) is 2.46. The molecule has 102 valence electrons. The number of hydrogen-bond donors (Lipinski definition) is 0. The molecule has 1 heterocycles. The van der Waals surface area contributed by atoms with Crippen molar-refractivity contribution in [3.05, 3.63) is 35.9 Å². The Morgan fingerprint density at radius 2 is 2.21 bits per heavy atom. The molecule has 2 rings (SSSR count). The molecule has 3 nitrogen and oxygen atoms in total. The summed E-state index contributed by atoms with van der Waals surface area (Å²) in [5.41, 5.74) is 0.934. The number of hydrogen-bond acceptors (Lipinski definition) is 2. The van der Waals surface area contributed by atoms with Gasteiger partial charge >= 0.3 is 0 Å².